The molecule has 0 radical (unpaired) electrons. The molecule has 0 fully saturated rings. The van der Waals surface area contributed by atoms with Crippen molar-refractivity contribution in [3.05, 3.63) is 70.0 Å². The number of aryl methyl sites for hydroxylation is 4. The molecule has 3 aromatic rings. The highest BCUT2D eigenvalue weighted by molar-refractivity contribution is 5.47. The SMILES string of the molecule is CCC(CC)(c1ccc(CCC(O)C(C)(C)C)c(C)c1)c1ccc(OCCCCc2nnn[nH]2)c(C)c1. The molecule has 1 aromatic heterocycles. The first-order chi connectivity index (χ1) is 17.6. The zero-order chi connectivity index (χ0) is 27.1. The van der Waals surface area contributed by atoms with Gasteiger partial charge in [0.15, 0.2) is 0 Å². The van der Waals surface area contributed by atoms with Crippen molar-refractivity contribution in [2.75, 3.05) is 6.61 Å². The molecule has 0 saturated heterocycles. The fraction of sp³-hybridized carbons (Fsp3) is 0.581. The molecule has 0 spiro atoms. The van der Waals surface area contributed by atoms with Gasteiger partial charge in [0.1, 0.15) is 11.6 Å². The van der Waals surface area contributed by atoms with Crippen LogP contribution in [-0.4, -0.2) is 38.4 Å². The van der Waals surface area contributed by atoms with Crippen LogP contribution in [0, 0.1) is 19.3 Å². The number of aromatic amines is 1. The predicted octanol–water partition coefficient (Wildman–Crippen LogP) is 6.66. The van der Waals surface area contributed by atoms with E-state index in [9.17, 15) is 5.11 Å². The van der Waals surface area contributed by atoms with Crippen LogP contribution in [0.4, 0.5) is 0 Å². The van der Waals surface area contributed by atoms with Crippen LogP contribution in [0.1, 0.15) is 100 Å². The third-order valence-corrected chi connectivity index (χ3v) is 7.97. The van der Waals surface area contributed by atoms with Gasteiger partial charge in [-0.3, -0.25) is 0 Å². The molecule has 0 saturated carbocycles. The number of H-pyrrole nitrogens is 1. The third-order valence-electron chi connectivity index (χ3n) is 7.97. The van der Waals surface area contributed by atoms with E-state index in [0.717, 1.165) is 56.5 Å². The molecule has 0 aliphatic rings. The maximum atomic E-state index is 10.5. The number of benzene rings is 2. The molecule has 0 bridgehead atoms. The number of aliphatic hydroxyl groups is 1. The van der Waals surface area contributed by atoms with Gasteiger partial charge in [-0.05, 0) is 102 Å². The standard InChI is InChI=1S/C31H46N4O2/c1-8-31(9-2,25-15-13-24(22(3)20-25)14-18-28(36)30(5,6)7)26-16-17-27(23(4)21-26)37-19-11-10-12-29-32-34-35-33-29/h13,15-17,20-21,28,36H,8-12,14,18-19H2,1-7H3,(H,32,33,34,35). The lowest BCUT2D eigenvalue weighted by Crippen LogP contribution is -2.27. The maximum Gasteiger partial charge on any atom is 0.148 e. The highest BCUT2D eigenvalue weighted by Crippen LogP contribution is 2.41. The van der Waals surface area contributed by atoms with Crippen LogP contribution >= 0.6 is 0 Å². The van der Waals surface area contributed by atoms with Gasteiger partial charge in [-0.15, -0.1) is 5.10 Å². The van der Waals surface area contributed by atoms with Crippen LogP contribution in [0.5, 0.6) is 5.75 Å². The Kier molecular flexibility index (Phi) is 9.88. The zero-order valence-corrected chi connectivity index (χ0v) is 23.9. The minimum Gasteiger partial charge on any atom is -0.493 e. The van der Waals surface area contributed by atoms with E-state index in [-0.39, 0.29) is 16.9 Å². The van der Waals surface area contributed by atoms with Gasteiger partial charge in [0.05, 0.1) is 12.7 Å². The van der Waals surface area contributed by atoms with Crippen molar-refractivity contribution in [2.24, 2.45) is 5.41 Å². The number of nitrogens with one attached hydrogen (secondary N) is 1. The van der Waals surface area contributed by atoms with Crippen LogP contribution in [0.2, 0.25) is 0 Å². The van der Waals surface area contributed by atoms with Crippen LogP contribution in [0.15, 0.2) is 36.4 Å². The number of hydrogen-bond acceptors (Lipinski definition) is 5. The number of tetrazole rings is 1. The second-order valence-corrected chi connectivity index (χ2v) is 11.5. The van der Waals surface area contributed by atoms with E-state index >= 15 is 0 Å². The Labute approximate surface area is 223 Å². The summed E-state index contributed by atoms with van der Waals surface area (Å²) in [6.07, 6.45) is 6.21. The Hall–Kier alpha value is -2.73. The van der Waals surface area contributed by atoms with Gasteiger partial charge in [0.2, 0.25) is 0 Å². The molecule has 0 aliphatic heterocycles. The second-order valence-electron chi connectivity index (χ2n) is 11.5. The molecule has 0 aliphatic carbocycles. The topological polar surface area (TPSA) is 83.9 Å². The first kappa shape index (κ1) is 28.8. The zero-order valence-electron chi connectivity index (χ0n) is 23.9. The summed E-state index contributed by atoms with van der Waals surface area (Å²) in [5, 5.41) is 24.5. The summed E-state index contributed by atoms with van der Waals surface area (Å²) < 4.78 is 6.12. The average molecular weight is 507 g/mol. The molecular weight excluding hydrogens is 460 g/mol. The first-order valence-electron chi connectivity index (χ1n) is 13.8. The average Bonchev–Trinajstić information content (AvgIpc) is 3.38. The minimum absolute atomic E-state index is 0.0391. The smallest absolute Gasteiger partial charge is 0.148 e. The lowest BCUT2D eigenvalue weighted by Gasteiger charge is -2.34. The first-order valence-corrected chi connectivity index (χ1v) is 13.8. The summed E-state index contributed by atoms with van der Waals surface area (Å²) in [4.78, 5) is 0. The number of ether oxygens (including phenoxy) is 1. The number of aliphatic hydroxyl groups excluding tert-OH is 1. The largest absolute Gasteiger partial charge is 0.493 e. The van der Waals surface area contributed by atoms with E-state index in [1.165, 1.54) is 27.8 Å². The van der Waals surface area contributed by atoms with Gasteiger partial charge in [0, 0.05) is 11.8 Å². The number of nitrogens with zero attached hydrogens (tertiary/aromatic N) is 3. The number of rotatable bonds is 13. The van der Waals surface area contributed by atoms with Crippen molar-refractivity contribution in [1.82, 2.24) is 20.6 Å². The molecule has 1 unspecified atom stereocenters. The van der Waals surface area contributed by atoms with E-state index in [1.807, 2.05) is 0 Å². The lowest BCUT2D eigenvalue weighted by molar-refractivity contribution is 0.0560. The predicted molar refractivity (Wildman–Crippen MR) is 150 cm³/mol. The van der Waals surface area contributed by atoms with E-state index in [1.54, 1.807) is 0 Å². The van der Waals surface area contributed by atoms with E-state index in [0.29, 0.717) is 6.61 Å². The van der Waals surface area contributed by atoms with Gasteiger partial charge in [-0.25, -0.2) is 5.10 Å². The fourth-order valence-corrected chi connectivity index (χ4v) is 5.20. The van der Waals surface area contributed by atoms with Crippen molar-refractivity contribution in [2.45, 2.75) is 105 Å². The molecule has 202 valence electrons. The van der Waals surface area contributed by atoms with Gasteiger partial charge in [0.25, 0.3) is 0 Å². The quantitative estimate of drug-likeness (QED) is 0.253. The number of hydrogen-bond donors (Lipinski definition) is 2. The molecule has 37 heavy (non-hydrogen) atoms. The molecular formula is C31H46N4O2. The summed E-state index contributed by atoms with van der Waals surface area (Å²) in [7, 11) is 0. The van der Waals surface area contributed by atoms with Gasteiger partial charge < -0.3 is 9.84 Å². The Morgan fingerprint density at radius 1 is 0.919 bits per heavy atom. The molecule has 6 heteroatoms. The van der Waals surface area contributed by atoms with Gasteiger partial charge >= 0.3 is 0 Å². The highest BCUT2D eigenvalue weighted by atomic mass is 16.5. The summed E-state index contributed by atoms with van der Waals surface area (Å²) in [5.41, 5.74) is 6.39. The summed E-state index contributed by atoms with van der Waals surface area (Å²) in [5.74, 6) is 1.77. The molecule has 0 amide bonds. The molecule has 2 aromatic carbocycles. The van der Waals surface area contributed by atoms with Crippen molar-refractivity contribution in [3.63, 3.8) is 0 Å². The Morgan fingerprint density at radius 3 is 2.16 bits per heavy atom. The minimum atomic E-state index is -0.300. The van der Waals surface area contributed by atoms with Crippen LogP contribution in [0.25, 0.3) is 0 Å². The van der Waals surface area contributed by atoms with Gasteiger partial charge in [-0.2, -0.15) is 0 Å². The van der Waals surface area contributed by atoms with Gasteiger partial charge in [-0.1, -0.05) is 65.0 Å². The Bertz CT molecular complexity index is 1110. The second kappa shape index (κ2) is 12.7. The molecule has 2 N–H and O–H groups in total. The van der Waals surface area contributed by atoms with Crippen molar-refractivity contribution >= 4 is 0 Å². The van der Waals surface area contributed by atoms with E-state index < -0.39 is 0 Å². The third kappa shape index (κ3) is 7.19. The van der Waals surface area contributed by atoms with Crippen molar-refractivity contribution < 1.29 is 9.84 Å². The highest BCUT2D eigenvalue weighted by Gasteiger charge is 2.31. The summed E-state index contributed by atoms with van der Waals surface area (Å²) >= 11 is 0. The summed E-state index contributed by atoms with van der Waals surface area (Å²) in [6.45, 7) is 15.9. The lowest BCUT2D eigenvalue weighted by atomic mass is 9.69. The van der Waals surface area contributed by atoms with Crippen LogP contribution in [-0.2, 0) is 18.3 Å². The molecule has 1 atom stereocenters. The fourth-order valence-electron chi connectivity index (χ4n) is 5.20. The van der Waals surface area contributed by atoms with Crippen LogP contribution in [0.3, 0.4) is 0 Å². The maximum absolute atomic E-state index is 10.5. The normalized spacial score (nSPS) is 13.1. The van der Waals surface area contributed by atoms with Crippen molar-refractivity contribution in [1.29, 1.82) is 0 Å². The number of unbranched alkanes of at least 4 members (excludes halogenated alkanes) is 1. The Morgan fingerprint density at radius 2 is 1.59 bits per heavy atom. The Balaban J connectivity index is 1.70. The molecule has 1 heterocycles. The number of aromatic nitrogens is 4. The molecule has 6 nitrogen and oxygen atoms in total. The van der Waals surface area contributed by atoms with E-state index in [2.05, 4.69) is 105 Å². The van der Waals surface area contributed by atoms with Crippen LogP contribution < -0.4 is 4.74 Å². The monoisotopic (exact) mass is 506 g/mol. The summed E-state index contributed by atoms with van der Waals surface area (Å²) in [6, 6.07) is 13.7. The van der Waals surface area contributed by atoms with Crippen molar-refractivity contribution in [3.8, 4) is 5.75 Å². The van der Waals surface area contributed by atoms with E-state index in [4.69, 9.17) is 4.74 Å². The molecule has 3 rings (SSSR count).